The van der Waals surface area contributed by atoms with Gasteiger partial charge in [-0.15, -0.1) is 0 Å². The van der Waals surface area contributed by atoms with Crippen molar-refractivity contribution in [2.75, 3.05) is 14.2 Å². The predicted octanol–water partition coefficient (Wildman–Crippen LogP) is 3.66. The minimum atomic E-state index is 0.423. The highest BCUT2D eigenvalue weighted by Crippen LogP contribution is 2.36. The molecular weight excluding hydrogens is 336 g/mol. The highest BCUT2D eigenvalue weighted by atomic mass is 35.5. The zero-order chi connectivity index (χ0) is 16.4. The van der Waals surface area contributed by atoms with Crippen LogP contribution in [0, 0.1) is 4.77 Å². The van der Waals surface area contributed by atoms with Crippen LogP contribution < -0.4 is 9.47 Å². The molecule has 0 spiro atoms. The monoisotopic (exact) mass is 348 g/mol. The number of nitrogens with zero attached hydrogens (tertiary/aromatic N) is 3. The summed E-state index contributed by atoms with van der Waals surface area (Å²) in [4.78, 5) is 4.12. The normalized spacial score (nSPS) is 10.6. The van der Waals surface area contributed by atoms with Gasteiger partial charge in [-0.2, -0.15) is 5.10 Å². The van der Waals surface area contributed by atoms with Gasteiger partial charge in [-0.3, -0.25) is 14.6 Å². The van der Waals surface area contributed by atoms with E-state index in [1.807, 2.05) is 12.1 Å². The van der Waals surface area contributed by atoms with Crippen molar-refractivity contribution in [2.24, 2.45) is 0 Å². The summed E-state index contributed by atoms with van der Waals surface area (Å²) in [7, 11) is 3.11. The number of benzene rings is 1. The number of aromatic amines is 1. The first kappa shape index (κ1) is 15.5. The van der Waals surface area contributed by atoms with Crippen molar-refractivity contribution in [2.45, 2.75) is 0 Å². The lowest BCUT2D eigenvalue weighted by atomic mass is 10.2. The molecule has 0 fully saturated rings. The lowest BCUT2D eigenvalue weighted by Gasteiger charge is -2.14. The molecule has 1 aromatic carbocycles. The van der Waals surface area contributed by atoms with Crippen molar-refractivity contribution in [1.82, 2.24) is 19.7 Å². The van der Waals surface area contributed by atoms with Crippen LogP contribution >= 0.6 is 23.8 Å². The number of ether oxygens (including phenoxy) is 2. The molecule has 8 heteroatoms. The Labute approximate surface area is 142 Å². The third kappa shape index (κ3) is 2.80. The number of halogens is 1. The number of H-pyrrole nitrogens is 1. The quantitative estimate of drug-likeness (QED) is 0.729. The minimum absolute atomic E-state index is 0.423. The zero-order valence-corrected chi connectivity index (χ0v) is 14.0. The number of nitrogens with one attached hydrogen (secondary N) is 1. The van der Waals surface area contributed by atoms with Gasteiger partial charge in [0.1, 0.15) is 11.5 Å². The van der Waals surface area contributed by atoms with Crippen molar-refractivity contribution < 1.29 is 9.47 Å². The van der Waals surface area contributed by atoms with E-state index in [4.69, 9.17) is 33.3 Å². The molecule has 0 bridgehead atoms. The van der Waals surface area contributed by atoms with Crippen molar-refractivity contribution in [3.63, 3.8) is 0 Å². The van der Waals surface area contributed by atoms with Gasteiger partial charge in [0.25, 0.3) is 0 Å². The maximum atomic E-state index is 6.16. The molecule has 0 amide bonds. The first-order chi connectivity index (χ1) is 11.2. The van der Waals surface area contributed by atoms with E-state index < -0.39 is 0 Å². The molecule has 2 heterocycles. The van der Waals surface area contributed by atoms with E-state index in [0.29, 0.717) is 32.8 Å². The fourth-order valence-corrected chi connectivity index (χ4v) is 2.69. The van der Waals surface area contributed by atoms with Crippen molar-refractivity contribution >= 4 is 23.8 Å². The molecule has 1 N–H and O–H groups in total. The summed E-state index contributed by atoms with van der Waals surface area (Å²) in [6.45, 7) is 0. The Hall–Kier alpha value is -2.38. The second kappa shape index (κ2) is 6.39. The van der Waals surface area contributed by atoms with E-state index in [0.717, 1.165) is 5.56 Å². The topological polar surface area (TPSA) is 65.0 Å². The number of rotatable bonds is 4. The van der Waals surface area contributed by atoms with Crippen LogP contribution in [0.5, 0.6) is 11.5 Å². The summed E-state index contributed by atoms with van der Waals surface area (Å²) in [6.07, 6.45) is 3.40. The third-order valence-electron chi connectivity index (χ3n) is 3.29. The second-order valence-electron chi connectivity index (χ2n) is 4.59. The first-order valence-corrected chi connectivity index (χ1v) is 7.44. The molecule has 0 aliphatic carbocycles. The average Bonchev–Trinajstić information content (AvgIpc) is 2.97. The SMILES string of the molecule is COc1cc(-n2c(-c3cccnc3)n[nH]c2=S)c(OC)cc1Cl. The molecule has 2 aromatic heterocycles. The summed E-state index contributed by atoms with van der Waals surface area (Å²) in [5, 5.41) is 7.54. The van der Waals surface area contributed by atoms with Crippen molar-refractivity contribution in [3.05, 3.63) is 46.5 Å². The Bertz CT molecular complexity index is 892. The van der Waals surface area contributed by atoms with Crippen LogP contribution in [0.25, 0.3) is 17.1 Å². The van der Waals surface area contributed by atoms with E-state index in [1.54, 1.807) is 43.3 Å². The summed E-state index contributed by atoms with van der Waals surface area (Å²) < 4.78 is 12.9. The van der Waals surface area contributed by atoms with Gasteiger partial charge in [0.05, 0.1) is 24.9 Å². The summed E-state index contributed by atoms with van der Waals surface area (Å²) in [5.41, 5.74) is 1.49. The van der Waals surface area contributed by atoms with Crippen molar-refractivity contribution in [3.8, 4) is 28.6 Å². The lowest BCUT2D eigenvalue weighted by molar-refractivity contribution is 0.401. The molecular formula is C15H13ClN4O2S. The Morgan fingerprint density at radius 2 is 2.00 bits per heavy atom. The Morgan fingerprint density at radius 1 is 1.22 bits per heavy atom. The van der Waals surface area contributed by atoms with Gasteiger partial charge < -0.3 is 9.47 Å². The van der Waals surface area contributed by atoms with Gasteiger partial charge in [-0.1, -0.05) is 11.6 Å². The molecule has 6 nitrogen and oxygen atoms in total. The molecule has 3 rings (SSSR count). The summed E-state index contributed by atoms with van der Waals surface area (Å²) in [5.74, 6) is 1.69. The van der Waals surface area contributed by atoms with E-state index in [1.165, 1.54) is 0 Å². The number of hydrogen-bond donors (Lipinski definition) is 1. The molecule has 23 heavy (non-hydrogen) atoms. The first-order valence-electron chi connectivity index (χ1n) is 6.65. The number of hydrogen-bond acceptors (Lipinski definition) is 5. The number of pyridine rings is 1. The molecule has 0 atom stereocenters. The Balaban J connectivity index is 2.28. The zero-order valence-electron chi connectivity index (χ0n) is 12.4. The fourth-order valence-electron chi connectivity index (χ4n) is 2.23. The van der Waals surface area contributed by atoms with Crippen LogP contribution in [-0.4, -0.2) is 34.0 Å². The van der Waals surface area contributed by atoms with Crippen LogP contribution in [0.1, 0.15) is 0 Å². The van der Waals surface area contributed by atoms with Gasteiger partial charge in [0, 0.05) is 30.1 Å². The highest BCUT2D eigenvalue weighted by molar-refractivity contribution is 7.71. The van der Waals surface area contributed by atoms with Crippen LogP contribution in [0.3, 0.4) is 0 Å². The molecule has 0 saturated heterocycles. The number of aromatic nitrogens is 4. The molecule has 0 aliphatic heterocycles. The van der Waals surface area contributed by atoms with E-state index in [-0.39, 0.29) is 0 Å². The van der Waals surface area contributed by atoms with Crippen LogP contribution in [0.2, 0.25) is 5.02 Å². The molecule has 0 saturated carbocycles. The third-order valence-corrected chi connectivity index (χ3v) is 3.86. The van der Waals surface area contributed by atoms with Gasteiger partial charge in [-0.25, -0.2) is 0 Å². The average molecular weight is 349 g/mol. The van der Waals surface area contributed by atoms with Gasteiger partial charge >= 0.3 is 0 Å². The maximum Gasteiger partial charge on any atom is 0.200 e. The van der Waals surface area contributed by atoms with E-state index in [9.17, 15) is 0 Å². The van der Waals surface area contributed by atoms with Gasteiger partial charge in [-0.05, 0) is 24.4 Å². The summed E-state index contributed by atoms with van der Waals surface area (Å²) in [6, 6.07) is 7.16. The van der Waals surface area contributed by atoms with Crippen molar-refractivity contribution in [1.29, 1.82) is 0 Å². The molecule has 0 unspecified atom stereocenters. The minimum Gasteiger partial charge on any atom is -0.495 e. The number of methoxy groups -OCH3 is 2. The van der Waals surface area contributed by atoms with Crippen LogP contribution in [0.15, 0.2) is 36.7 Å². The maximum absolute atomic E-state index is 6.16. The molecule has 0 aliphatic rings. The second-order valence-corrected chi connectivity index (χ2v) is 5.38. The molecule has 0 radical (unpaired) electrons. The van der Waals surface area contributed by atoms with Crippen LogP contribution in [0.4, 0.5) is 0 Å². The van der Waals surface area contributed by atoms with E-state index >= 15 is 0 Å². The van der Waals surface area contributed by atoms with Gasteiger partial charge in [0.2, 0.25) is 0 Å². The lowest BCUT2D eigenvalue weighted by Crippen LogP contribution is -2.02. The highest BCUT2D eigenvalue weighted by Gasteiger charge is 2.17. The Kier molecular flexibility index (Phi) is 4.31. The fraction of sp³-hybridized carbons (Fsp3) is 0.133. The van der Waals surface area contributed by atoms with E-state index in [2.05, 4.69) is 15.2 Å². The largest absolute Gasteiger partial charge is 0.495 e. The molecule has 3 aromatic rings. The van der Waals surface area contributed by atoms with Crippen LogP contribution in [-0.2, 0) is 0 Å². The summed E-state index contributed by atoms with van der Waals surface area (Å²) >= 11 is 11.5. The van der Waals surface area contributed by atoms with Gasteiger partial charge in [0.15, 0.2) is 10.6 Å². The standard InChI is InChI=1S/C15H13ClN4O2S/c1-21-12-7-11(13(22-2)6-10(12)16)20-14(18-19-15(20)23)9-4-3-5-17-8-9/h3-8H,1-2H3,(H,19,23). The smallest absolute Gasteiger partial charge is 0.200 e. The predicted molar refractivity (Wildman–Crippen MR) is 90.1 cm³/mol. The Morgan fingerprint density at radius 3 is 2.65 bits per heavy atom. The molecule has 118 valence electrons.